The number of aromatic nitrogens is 1. The van der Waals surface area contributed by atoms with Gasteiger partial charge in [0.05, 0.1) is 12.2 Å². The normalized spacial score (nSPS) is 17.5. The molecule has 1 aromatic carbocycles. The second kappa shape index (κ2) is 7.29. The maximum Gasteiger partial charge on any atom is 0.255 e. The number of pyridine rings is 1. The standard InChI is InChI=1S/C18H20FN3O2/c19-15-4-6-16(7-5-15)24-12-13-2-1-9-22(11-13)18(23)14-3-8-17(20)21-10-14/h3-8,10,13H,1-2,9,11-12H2,(H2,20,21)/t13-/m0/s1. The zero-order valence-corrected chi connectivity index (χ0v) is 13.3. The van der Waals surface area contributed by atoms with Crippen molar-refractivity contribution in [2.24, 2.45) is 5.92 Å². The number of nitrogens with zero attached hydrogens (tertiary/aromatic N) is 2. The van der Waals surface area contributed by atoms with E-state index in [0.29, 0.717) is 30.3 Å². The van der Waals surface area contributed by atoms with Gasteiger partial charge in [0.1, 0.15) is 17.4 Å². The third-order valence-electron chi connectivity index (χ3n) is 4.14. The number of hydrogen-bond donors (Lipinski definition) is 1. The summed E-state index contributed by atoms with van der Waals surface area (Å²) in [4.78, 5) is 18.3. The number of rotatable bonds is 4. The minimum absolute atomic E-state index is 0.0333. The van der Waals surface area contributed by atoms with Gasteiger partial charge in [0, 0.05) is 25.2 Å². The second-order valence-electron chi connectivity index (χ2n) is 6.00. The van der Waals surface area contributed by atoms with E-state index in [4.69, 9.17) is 10.5 Å². The number of nitrogen functional groups attached to an aromatic ring is 1. The molecule has 3 rings (SSSR count). The van der Waals surface area contributed by atoms with Crippen LogP contribution in [0.25, 0.3) is 0 Å². The van der Waals surface area contributed by atoms with Crippen molar-refractivity contribution in [1.82, 2.24) is 9.88 Å². The fraction of sp³-hybridized carbons (Fsp3) is 0.333. The molecule has 0 saturated carbocycles. The predicted molar refractivity (Wildman–Crippen MR) is 89.2 cm³/mol. The van der Waals surface area contributed by atoms with Crippen molar-refractivity contribution in [2.45, 2.75) is 12.8 Å². The number of benzene rings is 1. The van der Waals surface area contributed by atoms with Crippen molar-refractivity contribution in [3.05, 3.63) is 54.0 Å². The number of likely N-dealkylation sites (tertiary alicyclic amines) is 1. The topological polar surface area (TPSA) is 68.5 Å². The van der Waals surface area contributed by atoms with Crippen molar-refractivity contribution >= 4 is 11.7 Å². The van der Waals surface area contributed by atoms with Gasteiger partial charge in [0.25, 0.3) is 5.91 Å². The fourth-order valence-corrected chi connectivity index (χ4v) is 2.84. The summed E-state index contributed by atoms with van der Waals surface area (Å²) in [5, 5.41) is 0. The van der Waals surface area contributed by atoms with E-state index in [-0.39, 0.29) is 17.6 Å². The van der Waals surface area contributed by atoms with Crippen LogP contribution >= 0.6 is 0 Å². The van der Waals surface area contributed by atoms with Crippen molar-refractivity contribution in [2.75, 3.05) is 25.4 Å². The predicted octanol–water partition coefficient (Wildman–Crippen LogP) is 2.73. The Kier molecular flexibility index (Phi) is 4.93. The van der Waals surface area contributed by atoms with Crippen LogP contribution in [0.4, 0.5) is 10.2 Å². The van der Waals surface area contributed by atoms with E-state index in [9.17, 15) is 9.18 Å². The molecule has 0 spiro atoms. The van der Waals surface area contributed by atoms with E-state index < -0.39 is 0 Å². The number of carbonyl (C=O) groups excluding carboxylic acids is 1. The van der Waals surface area contributed by atoms with Gasteiger partial charge in [0.15, 0.2) is 0 Å². The maximum atomic E-state index is 12.9. The highest BCUT2D eigenvalue weighted by Gasteiger charge is 2.25. The van der Waals surface area contributed by atoms with Crippen LogP contribution in [0.2, 0.25) is 0 Å². The lowest BCUT2D eigenvalue weighted by atomic mass is 9.98. The first-order valence-corrected chi connectivity index (χ1v) is 8.01. The summed E-state index contributed by atoms with van der Waals surface area (Å²) in [6.07, 6.45) is 3.45. The van der Waals surface area contributed by atoms with Crippen LogP contribution in [0, 0.1) is 11.7 Å². The van der Waals surface area contributed by atoms with Crippen LogP contribution in [0.5, 0.6) is 5.75 Å². The highest BCUT2D eigenvalue weighted by atomic mass is 19.1. The van der Waals surface area contributed by atoms with E-state index in [2.05, 4.69) is 4.98 Å². The Bertz CT molecular complexity index is 688. The summed E-state index contributed by atoms with van der Waals surface area (Å²) >= 11 is 0. The lowest BCUT2D eigenvalue weighted by molar-refractivity contribution is 0.0633. The van der Waals surface area contributed by atoms with E-state index in [1.807, 2.05) is 4.90 Å². The molecule has 0 bridgehead atoms. The summed E-state index contributed by atoms with van der Waals surface area (Å²) in [7, 11) is 0. The van der Waals surface area contributed by atoms with E-state index in [1.165, 1.54) is 18.3 Å². The molecule has 1 aromatic heterocycles. The molecule has 0 unspecified atom stereocenters. The quantitative estimate of drug-likeness (QED) is 0.936. The van der Waals surface area contributed by atoms with Gasteiger partial charge in [-0.05, 0) is 49.2 Å². The Balaban J connectivity index is 1.56. The number of hydrogen-bond acceptors (Lipinski definition) is 4. The first-order chi connectivity index (χ1) is 11.6. The van der Waals surface area contributed by atoms with Crippen molar-refractivity contribution < 1.29 is 13.9 Å². The van der Waals surface area contributed by atoms with Gasteiger partial charge < -0.3 is 15.4 Å². The number of amides is 1. The zero-order chi connectivity index (χ0) is 16.9. The molecule has 0 aliphatic carbocycles. The summed E-state index contributed by atoms with van der Waals surface area (Å²) in [6, 6.07) is 9.30. The van der Waals surface area contributed by atoms with Crippen LogP contribution in [-0.4, -0.2) is 35.5 Å². The first-order valence-electron chi connectivity index (χ1n) is 8.01. The summed E-state index contributed by atoms with van der Waals surface area (Å²) < 4.78 is 18.6. The Morgan fingerprint density at radius 3 is 2.79 bits per heavy atom. The molecule has 126 valence electrons. The van der Waals surface area contributed by atoms with Crippen molar-refractivity contribution in [3.8, 4) is 5.75 Å². The van der Waals surface area contributed by atoms with Crippen LogP contribution in [0.15, 0.2) is 42.6 Å². The lowest BCUT2D eigenvalue weighted by Gasteiger charge is -2.32. The number of halogens is 1. The average molecular weight is 329 g/mol. The highest BCUT2D eigenvalue weighted by Crippen LogP contribution is 2.20. The molecule has 2 N–H and O–H groups in total. The minimum Gasteiger partial charge on any atom is -0.493 e. The average Bonchev–Trinajstić information content (AvgIpc) is 2.61. The molecule has 1 atom stereocenters. The van der Waals surface area contributed by atoms with Gasteiger partial charge >= 0.3 is 0 Å². The van der Waals surface area contributed by atoms with Crippen LogP contribution < -0.4 is 10.5 Å². The van der Waals surface area contributed by atoms with Crippen LogP contribution in [-0.2, 0) is 0 Å². The minimum atomic E-state index is -0.283. The first kappa shape index (κ1) is 16.2. The molecular weight excluding hydrogens is 309 g/mol. The van der Waals surface area contributed by atoms with E-state index >= 15 is 0 Å². The van der Waals surface area contributed by atoms with Crippen molar-refractivity contribution in [1.29, 1.82) is 0 Å². The lowest BCUT2D eigenvalue weighted by Crippen LogP contribution is -2.41. The highest BCUT2D eigenvalue weighted by molar-refractivity contribution is 5.94. The van der Waals surface area contributed by atoms with Gasteiger partial charge in [-0.25, -0.2) is 9.37 Å². The third kappa shape index (κ3) is 4.01. The number of carbonyl (C=O) groups is 1. The van der Waals surface area contributed by atoms with Crippen molar-refractivity contribution in [3.63, 3.8) is 0 Å². The Hall–Kier alpha value is -2.63. The largest absolute Gasteiger partial charge is 0.493 e. The molecule has 2 aromatic rings. The van der Waals surface area contributed by atoms with Gasteiger partial charge in [-0.15, -0.1) is 0 Å². The van der Waals surface area contributed by atoms with E-state index in [0.717, 1.165) is 19.4 Å². The SMILES string of the molecule is Nc1ccc(C(=O)N2CCC[C@H](COc3ccc(F)cc3)C2)cn1. The van der Waals surface area contributed by atoms with Crippen LogP contribution in [0.1, 0.15) is 23.2 Å². The van der Waals surface area contributed by atoms with Gasteiger partial charge in [-0.3, -0.25) is 4.79 Å². The molecule has 1 saturated heterocycles. The maximum absolute atomic E-state index is 12.9. The molecule has 5 nitrogen and oxygen atoms in total. The smallest absolute Gasteiger partial charge is 0.255 e. The van der Waals surface area contributed by atoms with E-state index in [1.54, 1.807) is 24.3 Å². The number of nitrogens with two attached hydrogens (primary N) is 1. The monoisotopic (exact) mass is 329 g/mol. The van der Waals surface area contributed by atoms with Gasteiger partial charge in [-0.1, -0.05) is 0 Å². The molecule has 1 aliphatic rings. The van der Waals surface area contributed by atoms with Crippen LogP contribution in [0.3, 0.4) is 0 Å². The van der Waals surface area contributed by atoms with Gasteiger partial charge in [0.2, 0.25) is 0 Å². The second-order valence-corrected chi connectivity index (χ2v) is 6.00. The molecule has 1 aliphatic heterocycles. The molecule has 1 amide bonds. The Morgan fingerprint density at radius 1 is 1.29 bits per heavy atom. The fourth-order valence-electron chi connectivity index (χ4n) is 2.84. The molecule has 6 heteroatoms. The third-order valence-corrected chi connectivity index (χ3v) is 4.14. The summed E-state index contributed by atoms with van der Waals surface area (Å²) in [5.74, 6) is 0.982. The molecule has 1 fully saturated rings. The number of anilines is 1. The molecule has 0 radical (unpaired) electrons. The molecular formula is C18H20FN3O2. The molecule has 2 heterocycles. The molecule has 24 heavy (non-hydrogen) atoms. The number of ether oxygens (including phenoxy) is 1. The number of piperidine rings is 1. The summed E-state index contributed by atoms with van der Waals surface area (Å²) in [6.45, 7) is 1.88. The Labute approximate surface area is 140 Å². The summed E-state index contributed by atoms with van der Waals surface area (Å²) in [5.41, 5.74) is 6.10. The zero-order valence-electron chi connectivity index (χ0n) is 13.3. The van der Waals surface area contributed by atoms with Gasteiger partial charge in [-0.2, -0.15) is 0 Å². The Morgan fingerprint density at radius 2 is 2.08 bits per heavy atom.